The van der Waals surface area contributed by atoms with E-state index in [0.717, 1.165) is 0 Å². The number of halogens is 2. The van der Waals surface area contributed by atoms with Gasteiger partial charge in [-0.15, -0.1) is 0 Å². The van der Waals surface area contributed by atoms with E-state index >= 15 is 0 Å². The highest BCUT2D eigenvalue weighted by Gasteiger charge is 2.49. The van der Waals surface area contributed by atoms with Gasteiger partial charge in [-0.25, -0.2) is 4.79 Å². The normalized spacial score (nSPS) is 15.3. The highest BCUT2D eigenvalue weighted by atomic mass is 19.3. The molecule has 0 aliphatic rings. The summed E-state index contributed by atoms with van der Waals surface area (Å²) in [6.07, 6.45) is -2.44. The quantitative estimate of drug-likeness (QED) is 0.710. The van der Waals surface area contributed by atoms with E-state index in [2.05, 4.69) is 0 Å². The molecule has 0 saturated heterocycles. The number of aliphatic hydroxyl groups is 1. The molecule has 0 fully saturated rings. The molecule has 1 aromatic rings. The number of hydrogen-bond acceptors (Lipinski definition) is 3. The van der Waals surface area contributed by atoms with Crippen LogP contribution in [-0.4, -0.2) is 34.3 Å². The minimum absolute atomic E-state index is 0.0229. The number of aliphatic hydroxyl groups excluding tert-OH is 1. The van der Waals surface area contributed by atoms with Gasteiger partial charge in [0, 0.05) is 6.04 Å². The second kappa shape index (κ2) is 5.20. The third-order valence-corrected chi connectivity index (χ3v) is 2.38. The molecule has 0 spiro atoms. The van der Waals surface area contributed by atoms with Crippen molar-refractivity contribution in [3.63, 3.8) is 0 Å². The molecular weight excluding hydrogens is 232 g/mol. The van der Waals surface area contributed by atoms with Crippen molar-refractivity contribution in [3.8, 4) is 0 Å². The molecule has 0 amide bonds. The maximum absolute atomic E-state index is 13.0. The van der Waals surface area contributed by atoms with Gasteiger partial charge in [-0.2, -0.15) is 8.78 Å². The summed E-state index contributed by atoms with van der Waals surface area (Å²) in [5.74, 6) is -6.62. The third kappa shape index (κ3) is 3.21. The Kier molecular flexibility index (Phi) is 4.14. The van der Waals surface area contributed by atoms with Gasteiger partial charge in [-0.3, -0.25) is 0 Å². The standard InChI is InChI=1S/C11H13F2NO3/c12-11(13,10(16)17)9(15)8(14)6-7-4-2-1-3-5-7/h1-5,8-9,15H,6,14H2,(H,16,17)/t8-,9+/m0/s1. The van der Waals surface area contributed by atoms with Gasteiger partial charge in [0.1, 0.15) is 6.10 Å². The smallest absolute Gasteiger partial charge is 0.377 e. The number of alkyl halides is 2. The Bertz CT molecular complexity index is 384. The summed E-state index contributed by atoms with van der Waals surface area (Å²) in [6.45, 7) is 0. The lowest BCUT2D eigenvalue weighted by molar-refractivity contribution is -0.184. The van der Waals surface area contributed by atoms with Crippen LogP contribution >= 0.6 is 0 Å². The predicted octanol–water partition coefficient (Wildman–Crippen LogP) is 0.637. The van der Waals surface area contributed by atoms with Crippen molar-refractivity contribution in [1.82, 2.24) is 0 Å². The molecule has 4 N–H and O–H groups in total. The summed E-state index contributed by atoms with van der Waals surface area (Å²) in [5.41, 5.74) is 6.03. The topological polar surface area (TPSA) is 83.5 Å². The van der Waals surface area contributed by atoms with E-state index in [1.165, 1.54) is 0 Å². The monoisotopic (exact) mass is 245 g/mol. The second-order valence-corrected chi connectivity index (χ2v) is 3.73. The zero-order chi connectivity index (χ0) is 13.1. The van der Waals surface area contributed by atoms with Gasteiger partial charge in [0.2, 0.25) is 0 Å². The molecule has 94 valence electrons. The minimum atomic E-state index is -4.24. The van der Waals surface area contributed by atoms with Crippen LogP contribution in [-0.2, 0) is 11.2 Å². The molecule has 0 aliphatic carbocycles. The lowest BCUT2D eigenvalue weighted by Crippen LogP contribution is -2.52. The first-order valence-corrected chi connectivity index (χ1v) is 4.94. The summed E-state index contributed by atoms with van der Waals surface area (Å²) in [6, 6.07) is 7.12. The van der Waals surface area contributed by atoms with Crippen molar-refractivity contribution in [1.29, 1.82) is 0 Å². The van der Waals surface area contributed by atoms with E-state index in [0.29, 0.717) is 5.56 Å². The lowest BCUT2D eigenvalue weighted by Gasteiger charge is -2.24. The van der Waals surface area contributed by atoms with E-state index < -0.39 is 24.0 Å². The van der Waals surface area contributed by atoms with Crippen molar-refractivity contribution in [3.05, 3.63) is 35.9 Å². The van der Waals surface area contributed by atoms with Gasteiger partial charge >= 0.3 is 11.9 Å². The van der Waals surface area contributed by atoms with Gasteiger partial charge in [-0.05, 0) is 12.0 Å². The molecule has 4 nitrogen and oxygen atoms in total. The maximum atomic E-state index is 13.0. The Balaban J connectivity index is 2.71. The van der Waals surface area contributed by atoms with Crippen molar-refractivity contribution >= 4 is 5.97 Å². The van der Waals surface area contributed by atoms with Crippen molar-refractivity contribution in [2.75, 3.05) is 0 Å². The molecule has 0 bridgehead atoms. The number of nitrogens with two attached hydrogens (primary N) is 1. The van der Waals surface area contributed by atoms with Crippen LogP contribution in [0.5, 0.6) is 0 Å². The van der Waals surface area contributed by atoms with E-state index in [-0.39, 0.29) is 6.42 Å². The van der Waals surface area contributed by atoms with Crippen molar-refractivity contribution in [2.24, 2.45) is 5.73 Å². The van der Waals surface area contributed by atoms with E-state index in [4.69, 9.17) is 10.8 Å². The largest absolute Gasteiger partial charge is 0.477 e. The number of carboxylic acids is 1. The number of rotatable bonds is 5. The summed E-state index contributed by atoms with van der Waals surface area (Å²) in [4.78, 5) is 10.3. The first kappa shape index (κ1) is 13.5. The van der Waals surface area contributed by atoms with Gasteiger partial charge in [0.25, 0.3) is 0 Å². The Labute approximate surface area is 96.7 Å². The third-order valence-electron chi connectivity index (χ3n) is 2.38. The number of hydrogen-bond donors (Lipinski definition) is 3. The molecule has 0 unspecified atom stereocenters. The molecule has 2 atom stereocenters. The van der Waals surface area contributed by atoms with Crippen LogP contribution in [0.1, 0.15) is 5.56 Å². The molecule has 1 aromatic carbocycles. The maximum Gasteiger partial charge on any atom is 0.377 e. The summed E-state index contributed by atoms with van der Waals surface area (Å²) in [5, 5.41) is 17.5. The molecule has 0 radical (unpaired) electrons. The SMILES string of the molecule is N[C@@H](Cc1ccccc1)[C@@H](O)C(F)(F)C(=O)O. The fourth-order valence-electron chi connectivity index (χ4n) is 1.39. The average molecular weight is 245 g/mol. The first-order chi connectivity index (χ1) is 7.85. The molecular formula is C11H13F2NO3. The van der Waals surface area contributed by atoms with Crippen LogP contribution in [0.4, 0.5) is 8.78 Å². The zero-order valence-corrected chi connectivity index (χ0v) is 8.88. The fraction of sp³-hybridized carbons (Fsp3) is 0.364. The van der Waals surface area contributed by atoms with Crippen LogP contribution in [0, 0.1) is 0 Å². The van der Waals surface area contributed by atoms with Gasteiger partial charge in [-0.1, -0.05) is 30.3 Å². The lowest BCUT2D eigenvalue weighted by atomic mass is 9.98. The molecule has 0 aromatic heterocycles. The Morgan fingerprint density at radius 2 is 1.88 bits per heavy atom. The first-order valence-electron chi connectivity index (χ1n) is 4.94. The number of benzene rings is 1. The summed E-state index contributed by atoms with van der Waals surface area (Å²) in [7, 11) is 0. The van der Waals surface area contributed by atoms with Crippen LogP contribution in [0.15, 0.2) is 30.3 Å². The van der Waals surface area contributed by atoms with Crippen LogP contribution < -0.4 is 5.73 Å². The van der Waals surface area contributed by atoms with Crippen molar-refractivity contribution < 1.29 is 23.8 Å². The number of carboxylic acid groups (broad SMARTS) is 1. The average Bonchev–Trinajstić information content (AvgIpc) is 2.29. The van der Waals surface area contributed by atoms with Gasteiger partial charge in [0.15, 0.2) is 0 Å². The van der Waals surface area contributed by atoms with Gasteiger partial charge < -0.3 is 15.9 Å². The molecule has 1 rings (SSSR count). The molecule has 17 heavy (non-hydrogen) atoms. The highest BCUT2D eigenvalue weighted by molar-refractivity contribution is 5.76. The second-order valence-electron chi connectivity index (χ2n) is 3.73. The summed E-state index contributed by atoms with van der Waals surface area (Å²) < 4.78 is 25.9. The predicted molar refractivity (Wildman–Crippen MR) is 56.7 cm³/mol. The molecule has 0 aliphatic heterocycles. The molecule has 0 heterocycles. The Hall–Kier alpha value is -1.53. The zero-order valence-electron chi connectivity index (χ0n) is 8.88. The van der Waals surface area contributed by atoms with Crippen molar-refractivity contribution in [2.45, 2.75) is 24.5 Å². The fourth-order valence-corrected chi connectivity index (χ4v) is 1.39. The van der Waals surface area contributed by atoms with E-state index in [9.17, 15) is 18.7 Å². The van der Waals surface area contributed by atoms with Crippen LogP contribution in [0.3, 0.4) is 0 Å². The van der Waals surface area contributed by atoms with Gasteiger partial charge in [0.05, 0.1) is 0 Å². The number of aliphatic carboxylic acids is 1. The van der Waals surface area contributed by atoms with Crippen LogP contribution in [0.2, 0.25) is 0 Å². The van der Waals surface area contributed by atoms with Crippen LogP contribution in [0.25, 0.3) is 0 Å². The molecule has 6 heteroatoms. The van der Waals surface area contributed by atoms with E-state index in [1.807, 2.05) is 0 Å². The summed E-state index contributed by atoms with van der Waals surface area (Å²) >= 11 is 0. The van der Waals surface area contributed by atoms with E-state index in [1.54, 1.807) is 30.3 Å². The Morgan fingerprint density at radius 1 is 1.35 bits per heavy atom. The number of carbonyl (C=O) groups is 1. The highest BCUT2D eigenvalue weighted by Crippen LogP contribution is 2.22. The Morgan fingerprint density at radius 3 is 2.35 bits per heavy atom. The minimum Gasteiger partial charge on any atom is -0.477 e. The molecule has 0 saturated carbocycles.